The number of carbonyl (C=O) groups excluding carboxylic acids is 16. The molecule has 636 valence electrons. The van der Waals surface area contributed by atoms with Gasteiger partial charge < -0.3 is 121 Å². The Bertz CT molecular complexity index is 4060. The van der Waals surface area contributed by atoms with E-state index in [2.05, 4.69) is 70.4 Å². The van der Waals surface area contributed by atoms with Crippen molar-refractivity contribution in [2.45, 2.75) is 209 Å². The molecule has 43 heteroatoms. The smallest absolute Gasteiger partial charge is 0.329 e. The summed E-state index contributed by atoms with van der Waals surface area (Å²) in [5, 5.41) is 81.7. The maximum absolute atomic E-state index is 14.9. The molecule has 116 heavy (non-hydrogen) atoms. The average molecular weight is 1630 g/mol. The number of amides is 14. The number of aromatic nitrogens is 1. The first-order valence-electron chi connectivity index (χ1n) is 37.3. The number of benzene rings is 2. The number of cyclic esters (lactones) is 1. The predicted octanol–water partition coefficient (Wildman–Crippen LogP) is -5.16. The number of hydrogen-bond donors (Lipinski definition) is 22. The zero-order valence-corrected chi connectivity index (χ0v) is 64.5. The number of anilines is 1. The normalized spacial score (nSPS) is 21.1. The van der Waals surface area contributed by atoms with Crippen LogP contribution in [0.4, 0.5) is 5.69 Å². The van der Waals surface area contributed by atoms with Crippen LogP contribution in [0.5, 0.6) is 0 Å². The van der Waals surface area contributed by atoms with Crippen LogP contribution >= 0.6 is 0 Å². The number of Topliss-reactive ketones (excluding diaryl/α,β-unsaturated/α-hetero) is 1. The monoisotopic (exact) mass is 1630 g/mol. The van der Waals surface area contributed by atoms with E-state index in [1.807, 2.05) is 16.0 Å². The molecular formula is C73H103N17O26. The number of ketones is 1. The Morgan fingerprint density at radius 3 is 1.70 bits per heavy atom. The third-order valence-corrected chi connectivity index (χ3v) is 18.1. The molecule has 0 spiro atoms. The van der Waals surface area contributed by atoms with Crippen molar-refractivity contribution < 1.29 is 126 Å². The topological polar surface area (TPSA) is 688 Å². The van der Waals surface area contributed by atoms with Crippen LogP contribution in [-0.2, 0) is 102 Å². The van der Waals surface area contributed by atoms with E-state index >= 15 is 0 Å². The highest BCUT2D eigenvalue weighted by atomic mass is 16.5. The van der Waals surface area contributed by atoms with E-state index in [1.165, 1.54) is 31.3 Å². The minimum Gasteiger partial charge on any atom is -0.481 e. The lowest BCUT2D eigenvalue weighted by molar-refractivity contribution is -0.156. The number of carbonyl (C=O) groups is 20. The van der Waals surface area contributed by atoms with Gasteiger partial charge in [-0.2, -0.15) is 0 Å². The van der Waals surface area contributed by atoms with E-state index in [0.717, 1.165) is 52.9 Å². The minimum atomic E-state index is -2.44. The molecule has 13 atom stereocenters. The number of primary amides is 1. The lowest BCUT2D eigenvalue weighted by Gasteiger charge is -2.30. The molecule has 1 fully saturated rings. The molecular weight excluding hydrogens is 1530 g/mol. The number of nitrogens with two attached hydrogens (primary N) is 2. The number of unbranched alkanes of at least 4 members (excludes halogenated alkanes) is 6. The average Bonchev–Trinajstić information content (AvgIpc) is 1.59. The third-order valence-electron chi connectivity index (χ3n) is 18.1. The van der Waals surface area contributed by atoms with Crippen LogP contribution in [0.3, 0.4) is 0 Å². The number of aliphatic hydroxyl groups excluding tert-OH is 1. The van der Waals surface area contributed by atoms with Crippen LogP contribution in [0.15, 0.2) is 54.7 Å². The molecule has 1 aliphatic heterocycles. The Labute approximate surface area is 664 Å². The number of hydrogen-bond acceptors (Lipinski definition) is 24. The van der Waals surface area contributed by atoms with Crippen molar-refractivity contribution in [1.82, 2.24) is 74.1 Å². The summed E-state index contributed by atoms with van der Waals surface area (Å²) in [6, 6.07) is -10.0. The third kappa shape index (κ3) is 32.4. The fourth-order valence-electron chi connectivity index (χ4n) is 11.9. The molecule has 1 saturated heterocycles. The number of aromatic amines is 1. The Balaban J connectivity index is 1.89. The molecule has 1 unspecified atom stereocenters. The van der Waals surface area contributed by atoms with Crippen LogP contribution in [0.2, 0.25) is 0 Å². The fourth-order valence-corrected chi connectivity index (χ4v) is 11.9. The Morgan fingerprint density at radius 1 is 0.552 bits per heavy atom. The second-order valence-corrected chi connectivity index (χ2v) is 27.5. The summed E-state index contributed by atoms with van der Waals surface area (Å²) in [7, 11) is 1.41. The van der Waals surface area contributed by atoms with Gasteiger partial charge in [0.15, 0.2) is 5.78 Å². The van der Waals surface area contributed by atoms with E-state index in [9.17, 15) is 121 Å². The number of fused-ring (bicyclic) bond motifs is 1. The van der Waals surface area contributed by atoms with Gasteiger partial charge in [-0.3, -0.25) is 91.1 Å². The second-order valence-electron chi connectivity index (χ2n) is 27.5. The summed E-state index contributed by atoms with van der Waals surface area (Å²) in [6.07, 6.45) is -2.23. The van der Waals surface area contributed by atoms with Crippen molar-refractivity contribution >= 4 is 135 Å². The maximum atomic E-state index is 14.9. The molecule has 0 bridgehead atoms. The number of ether oxygens (including phenoxy) is 1. The van der Waals surface area contributed by atoms with Crippen molar-refractivity contribution in [3.63, 3.8) is 0 Å². The Morgan fingerprint density at radius 2 is 1.09 bits per heavy atom. The minimum absolute atomic E-state index is 0.0164. The molecule has 2 aromatic carbocycles. The quantitative estimate of drug-likeness (QED) is 0.0147. The number of rotatable bonds is 36. The molecule has 0 radical (unpaired) electrons. The van der Waals surface area contributed by atoms with Gasteiger partial charge in [-0.1, -0.05) is 82.7 Å². The number of aliphatic carboxylic acids is 4. The molecule has 14 amide bonds. The molecule has 1 aliphatic rings. The van der Waals surface area contributed by atoms with Crippen LogP contribution in [0, 0.1) is 5.92 Å². The summed E-state index contributed by atoms with van der Waals surface area (Å²) in [5.41, 5.74) is 12.5. The number of carboxylic acids is 4. The van der Waals surface area contributed by atoms with E-state index in [1.54, 1.807) is 30.5 Å². The number of H-pyrrole nitrogens is 1. The van der Waals surface area contributed by atoms with Crippen molar-refractivity contribution in [1.29, 1.82) is 0 Å². The predicted molar refractivity (Wildman–Crippen MR) is 405 cm³/mol. The maximum Gasteiger partial charge on any atom is 0.329 e. The summed E-state index contributed by atoms with van der Waals surface area (Å²) in [6.45, 7) is 1.17. The number of esters is 1. The molecule has 43 nitrogen and oxygen atoms in total. The Kier molecular flexibility index (Phi) is 39.9. The first-order chi connectivity index (χ1) is 54.9. The number of aliphatic hydroxyl groups is 1. The SMILES string of the molecule is CCCCCCCCCC(=O)N[C@@H](Cc1c[nH]c2ccccc12)C(=O)N[C@H](CC(N)=O)C(=O)N[C@@H](CC(=O)O)C(=O)N[C@@H]1C(=O)NCC(=O)N[C@@H](CCCN)C(=O)N[C@@H](CC(=O)O)C(=O)N[C@H](C)C(=O)N[C@@H](CC(=O)O)C(=O)NCC(=O)N[C@H](CO)C(=O)N[C@@H](C(C)CC(=O)O)C(=O)N[C@@H](CC(=O)c2ccccc2NC)C(=O)O[C@@H]1C. The molecule has 0 saturated carbocycles. The van der Waals surface area contributed by atoms with Crippen molar-refractivity contribution in [2.75, 3.05) is 38.6 Å². The van der Waals surface area contributed by atoms with Gasteiger partial charge in [0, 0.05) is 54.7 Å². The van der Waals surface area contributed by atoms with Gasteiger partial charge in [0.2, 0.25) is 82.7 Å². The van der Waals surface area contributed by atoms with Crippen molar-refractivity contribution in [3.05, 3.63) is 65.9 Å². The van der Waals surface area contributed by atoms with Gasteiger partial charge in [0.25, 0.3) is 0 Å². The van der Waals surface area contributed by atoms with E-state index < -0.39 is 255 Å². The zero-order valence-electron chi connectivity index (χ0n) is 64.5. The van der Waals surface area contributed by atoms with E-state index in [-0.39, 0.29) is 43.5 Å². The highest BCUT2D eigenvalue weighted by molar-refractivity contribution is 6.05. The first kappa shape index (κ1) is 95.7. The van der Waals surface area contributed by atoms with Gasteiger partial charge in [-0.25, -0.2) is 4.79 Å². The number of nitrogens with one attached hydrogen (secondary N) is 15. The van der Waals surface area contributed by atoms with E-state index in [4.69, 9.17) is 16.2 Å². The standard InChI is InChI=1S/C73H103N17O26/c1-6-7-8-9-10-11-12-23-54(94)82-45(26-39-32-77-43-21-16-13-18-40(39)43)67(109)85-46(28-53(75)93)68(110)87-49(31-60(103)104)69(111)90-62-38(4)116-73(115)50(27-52(92)41-19-14-15-20-42(41)76-5)88-72(114)61(36(2)25-57(97)98)89-70(112)51(35-91)83-56(96)33-78-64(106)47(29-58(99)100)84-63(105)37(3)80-66(108)48(30-59(101)102)86-65(107)44(22-17-24-74)81-55(95)34-79-71(62)113/h13-16,18-21,32,36-38,44-51,61-62,76-77,91H,6-12,17,22-31,33-35,74H2,1-5H3,(H2,75,93)(H,78,106)(H,79,113)(H,80,108)(H,81,95)(H,82,94)(H,83,96)(H,84,105)(H,85,109)(H,86,107)(H,87,110)(H,88,114)(H,89,112)(H,90,111)(H,97,98)(H,99,100)(H,101,102)(H,103,104)/t36?,37-,38-,44+,45+,46-,47+,48+,49+,50+,51-,61+,62+/m1/s1. The number of carboxylic acid groups (broad SMARTS) is 4. The van der Waals surface area contributed by atoms with Gasteiger partial charge in [0.1, 0.15) is 72.6 Å². The molecule has 1 aromatic heterocycles. The molecule has 2 heterocycles. The highest BCUT2D eigenvalue weighted by Gasteiger charge is 2.41. The highest BCUT2D eigenvalue weighted by Crippen LogP contribution is 2.22. The van der Waals surface area contributed by atoms with E-state index in [0.29, 0.717) is 29.3 Å². The molecule has 3 aromatic rings. The van der Waals surface area contributed by atoms with Crippen molar-refractivity contribution in [3.8, 4) is 0 Å². The summed E-state index contributed by atoms with van der Waals surface area (Å²) in [4.78, 5) is 277. The fraction of sp³-hybridized carbons (Fsp3) is 0.534. The summed E-state index contributed by atoms with van der Waals surface area (Å²) in [5.74, 6) is -29.5. The lowest BCUT2D eigenvalue weighted by atomic mass is 9.95. The van der Waals surface area contributed by atoms with Gasteiger partial charge >= 0.3 is 29.8 Å². The van der Waals surface area contributed by atoms with Gasteiger partial charge in [-0.05, 0) is 69.3 Å². The zero-order chi connectivity index (χ0) is 86.5. The largest absolute Gasteiger partial charge is 0.481 e. The summed E-state index contributed by atoms with van der Waals surface area (Å²) >= 11 is 0. The molecule has 0 aliphatic carbocycles. The van der Waals surface area contributed by atoms with Gasteiger partial charge in [0.05, 0.1) is 51.8 Å². The van der Waals surface area contributed by atoms with Crippen LogP contribution in [-0.4, -0.2) is 255 Å². The molecule has 24 N–H and O–H groups in total. The van der Waals surface area contributed by atoms with Crippen molar-refractivity contribution in [2.24, 2.45) is 17.4 Å². The van der Waals surface area contributed by atoms with Gasteiger partial charge in [-0.15, -0.1) is 0 Å². The lowest BCUT2D eigenvalue weighted by Crippen LogP contribution is -2.62. The number of para-hydroxylation sites is 2. The first-order valence-corrected chi connectivity index (χ1v) is 37.3. The second kappa shape index (κ2) is 48.4. The van der Waals surface area contributed by atoms with Crippen LogP contribution < -0.4 is 85.9 Å². The molecule has 4 rings (SSSR count). The summed E-state index contributed by atoms with van der Waals surface area (Å²) < 4.78 is 5.72. The Hall–Kier alpha value is -12.7. The van der Waals surface area contributed by atoms with Crippen LogP contribution in [0.25, 0.3) is 10.9 Å². The van der Waals surface area contributed by atoms with Crippen LogP contribution in [0.1, 0.15) is 146 Å².